The normalized spacial score (nSPS) is 12.3. The number of carbonyl (C=O) groups is 1. The fraction of sp³-hybridized carbons (Fsp3) is 0.500. The zero-order valence-corrected chi connectivity index (χ0v) is 11.5. The highest BCUT2D eigenvalue weighted by molar-refractivity contribution is 5.92. The first kappa shape index (κ1) is 14.4. The van der Waals surface area contributed by atoms with Gasteiger partial charge in [-0.25, -0.2) is 4.79 Å². The summed E-state index contributed by atoms with van der Waals surface area (Å²) in [5.41, 5.74) is 7.82. The summed E-state index contributed by atoms with van der Waals surface area (Å²) in [6, 6.07) is 5.54. The minimum absolute atomic E-state index is 0.128. The molecule has 0 spiro atoms. The number of hydrogen-bond acceptors (Lipinski definition) is 4. The van der Waals surface area contributed by atoms with E-state index in [0.29, 0.717) is 17.3 Å². The van der Waals surface area contributed by atoms with E-state index in [1.165, 1.54) is 0 Å². The van der Waals surface area contributed by atoms with Gasteiger partial charge >= 0.3 is 5.97 Å². The van der Waals surface area contributed by atoms with Gasteiger partial charge in [-0.2, -0.15) is 0 Å². The highest BCUT2D eigenvalue weighted by Crippen LogP contribution is 2.21. The maximum absolute atomic E-state index is 11.7. The van der Waals surface area contributed by atoms with Gasteiger partial charge in [-0.15, -0.1) is 0 Å². The summed E-state index contributed by atoms with van der Waals surface area (Å²) < 4.78 is 5.12. The van der Waals surface area contributed by atoms with Gasteiger partial charge in [0.05, 0.1) is 23.0 Å². The quantitative estimate of drug-likeness (QED) is 0.622. The van der Waals surface area contributed by atoms with Crippen LogP contribution in [0.1, 0.15) is 44.5 Å². The van der Waals surface area contributed by atoms with Gasteiger partial charge in [-0.1, -0.05) is 6.92 Å². The second-order valence-electron chi connectivity index (χ2n) is 4.71. The number of anilines is 2. The van der Waals surface area contributed by atoms with E-state index in [9.17, 15) is 4.79 Å². The standard InChI is InChI=1S/C14H22N2O2/c1-5-10(4)16-13-7-6-11(8-12(13)15)14(17)18-9(2)3/h6-10,16H,5,15H2,1-4H3. The van der Waals surface area contributed by atoms with Crippen LogP contribution in [-0.2, 0) is 4.74 Å². The first-order valence-electron chi connectivity index (χ1n) is 6.31. The van der Waals surface area contributed by atoms with Crippen LogP contribution in [0, 0.1) is 0 Å². The molecule has 0 amide bonds. The lowest BCUT2D eigenvalue weighted by Gasteiger charge is -2.16. The zero-order chi connectivity index (χ0) is 13.7. The van der Waals surface area contributed by atoms with Crippen molar-refractivity contribution in [3.8, 4) is 0 Å². The second-order valence-corrected chi connectivity index (χ2v) is 4.71. The van der Waals surface area contributed by atoms with Crippen LogP contribution in [0.25, 0.3) is 0 Å². The summed E-state index contributed by atoms with van der Waals surface area (Å²) in [7, 11) is 0. The molecule has 100 valence electrons. The van der Waals surface area contributed by atoms with Crippen molar-refractivity contribution in [2.45, 2.75) is 46.3 Å². The average Bonchev–Trinajstić information content (AvgIpc) is 2.30. The Morgan fingerprint density at radius 1 is 1.39 bits per heavy atom. The monoisotopic (exact) mass is 250 g/mol. The Morgan fingerprint density at radius 3 is 2.56 bits per heavy atom. The minimum atomic E-state index is -0.341. The Morgan fingerprint density at radius 2 is 2.06 bits per heavy atom. The number of ether oxygens (including phenoxy) is 1. The molecule has 1 aromatic rings. The summed E-state index contributed by atoms with van der Waals surface area (Å²) in [6.07, 6.45) is 0.882. The van der Waals surface area contributed by atoms with Crippen molar-refractivity contribution in [3.05, 3.63) is 23.8 Å². The van der Waals surface area contributed by atoms with Gasteiger partial charge in [-0.05, 0) is 45.4 Å². The SMILES string of the molecule is CCC(C)Nc1ccc(C(=O)OC(C)C)cc1N. The molecule has 1 rings (SSSR count). The maximum atomic E-state index is 11.7. The van der Waals surface area contributed by atoms with E-state index in [0.717, 1.165) is 12.1 Å². The van der Waals surface area contributed by atoms with E-state index >= 15 is 0 Å². The van der Waals surface area contributed by atoms with Crippen LogP contribution < -0.4 is 11.1 Å². The summed E-state index contributed by atoms with van der Waals surface area (Å²) in [4.78, 5) is 11.7. The lowest BCUT2D eigenvalue weighted by atomic mass is 10.1. The third-order valence-electron chi connectivity index (χ3n) is 2.64. The molecular weight excluding hydrogens is 228 g/mol. The number of esters is 1. The lowest BCUT2D eigenvalue weighted by Crippen LogP contribution is -2.16. The number of benzene rings is 1. The molecule has 0 aromatic heterocycles. The molecule has 0 heterocycles. The largest absolute Gasteiger partial charge is 0.459 e. The van der Waals surface area contributed by atoms with Crippen molar-refractivity contribution in [1.82, 2.24) is 0 Å². The molecule has 0 saturated heterocycles. The molecule has 0 radical (unpaired) electrons. The molecule has 1 atom stereocenters. The Hall–Kier alpha value is -1.71. The molecule has 4 nitrogen and oxygen atoms in total. The lowest BCUT2D eigenvalue weighted by molar-refractivity contribution is 0.0378. The molecule has 1 aromatic carbocycles. The van der Waals surface area contributed by atoms with E-state index in [-0.39, 0.29) is 12.1 Å². The van der Waals surface area contributed by atoms with Crippen molar-refractivity contribution in [1.29, 1.82) is 0 Å². The topological polar surface area (TPSA) is 64.3 Å². The minimum Gasteiger partial charge on any atom is -0.459 e. The highest BCUT2D eigenvalue weighted by atomic mass is 16.5. The molecule has 0 aliphatic carbocycles. The van der Waals surface area contributed by atoms with E-state index < -0.39 is 0 Å². The van der Waals surface area contributed by atoms with Crippen molar-refractivity contribution < 1.29 is 9.53 Å². The van der Waals surface area contributed by atoms with E-state index in [1.54, 1.807) is 12.1 Å². The Bertz CT molecular complexity index is 416. The average molecular weight is 250 g/mol. The molecule has 0 aliphatic rings. The zero-order valence-electron chi connectivity index (χ0n) is 11.5. The van der Waals surface area contributed by atoms with Crippen molar-refractivity contribution in [2.75, 3.05) is 11.1 Å². The Balaban J connectivity index is 2.82. The molecule has 1 unspecified atom stereocenters. The van der Waals surface area contributed by atoms with E-state index in [2.05, 4.69) is 19.2 Å². The van der Waals surface area contributed by atoms with Gasteiger partial charge in [-0.3, -0.25) is 0 Å². The van der Waals surface area contributed by atoms with Crippen LogP contribution in [0.15, 0.2) is 18.2 Å². The summed E-state index contributed by atoms with van der Waals surface area (Å²) >= 11 is 0. The summed E-state index contributed by atoms with van der Waals surface area (Å²) in [6.45, 7) is 7.82. The van der Waals surface area contributed by atoms with Crippen molar-refractivity contribution in [2.24, 2.45) is 0 Å². The number of carbonyl (C=O) groups excluding carboxylic acids is 1. The summed E-state index contributed by atoms with van der Waals surface area (Å²) in [5, 5.41) is 3.29. The van der Waals surface area contributed by atoms with Crippen molar-refractivity contribution >= 4 is 17.3 Å². The molecular formula is C14H22N2O2. The van der Waals surface area contributed by atoms with Gasteiger partial charge in [0.15, 0.2) is 0 Å². The van der Waals surface area contributed by atoms with Gasteiger partial charge in [0.1, 0.15) is 0 Å². The van der Waals surface area contributed by atoms with Crippen LogP contribution >= 0.6 is 0 Å². The van der Waals surface area contributed by atoms with Crippen LogP contribution in [-0.4, -0.2) is 18.1 Å². The number of nitrogens with two attached hydrogens (primary N) is 1. The fourth-order valence-electron chi connectivity index (χ4n) is 1.47. The Labute approximate surface area is 109 Å². The Kier molecular flexibility index (Phi) is 5.01. The van der Waals surface area contributed by atoms with E-state index in [1.807, 2.05) is 19.9 Å². The van der Waals surface area contributed by atoms with Gasteiger partial charge < -0.3 is 15.8 Å². The van der Waals surface area contributed by atoms with Crippen LogP contribution in [0.2, 0.25) is 0 Å². The second kappa shape index (κ2) is 6.28. The summed E-state index contributed by atoms with van der Waals surface area (Å²) in [5.74, 6) is -0.341. The number of nitrogen functional groups attached to an aromatic ring is 1. The predicted molar refractivity (Wildman–Crippen MR) is 74.8 cm³/mol. The van der Waals surface area contributed by atoms with Gasteiger partial charge in [0, 0.05) is 6.04 Å². The third kappa shape index (κ3) is 3.95. The first-order chi connectivity index (χ1) is 8.43. The third-order valence-corrected chi connectivity index (χ3v) is 2.64. The first-order valence-corrected chi connectivity index (χ1v) is 6.31. The number of hydrogen-bond donors (Lipinski definition) is 2. The van der Waals surface area contributed by atoms with Crippen LogP contribution in [0.3, 0.4) is 0 Å². The predicted octanol–water partition coefficient (Wildman–Crippen LogP) is 3.04. The molecule has 4 heteroatoms. The van der Waals surface area contributed by atoms with Gasteiger partial charge in [0.25, 0.3) is 0 Å². The van der Waals surface area contributed by atoms with Crippen LogP contribution in [0.5, 0.6) is 0 Å². The smallest absolute Gasteiger partial charge is 0.338 e. The highest BCUT2D eigenvalue weighted by Gasteiger charge is 2.11. The maximum Gasteiger partial charge on any atom is 0.338 e. The number of rotatable bonds is 5. The molecule has 0 saturated carbocycles. The molecule has 3 N–H and O–H groups in total. The number of nitrogens with one attached hydrogen (secondary N) is 1. The molecule has 0 aliphatic heterocycles. The van der Waals surface area contributed by atoms with Gasteiger partial charge in [0.2, 0.25) is 0 Å². The van der Waals surface area contributed by atoms with E-state index in [4.69, 9.17) is 10.5 Å². The fourth-order valence-corrected chi connectivity index (χ4v) is 1.47. The van der Waals surface area contributed by atoms with Crippen LogP contribution in [0.4, 0.5) is 11.4 Å². The van der Waals surface area contributed by atoms with Crippen molar-refractivity contribution in [3.63, 3.8) is 0 Å². The molecule has 18 heavy (non-hydrogen) atoms. The molecule has 0 fully saturated rings. The molecule has 0 bridgehead atoms.